The van der Waals surface area contributed by atoms with Gasteiger partial charge in [0.25, 0.3) is 5.91 Å². The van der Waals surface area contributed by atoms with Crippen molar-refractivity contribution in [2.24, 2.45) is 0 Å². The van der Waals surface area contributed by atoms with Crippen LogP contribution in [0.5, 0.6) is 0 Å². The van der Waals surface area contributed by atoms with Gasteiger partial charge in [0.05, 0.1) is 17.7 Å². The van der Waals surface area contributed by atoms with Crippen LogP contribution >= 0.6 is 0 Å². The van der Waals surface area contributed by atoms with E-state index in [1.54, 1.807) is 51.1 Å². The van der Waals surface area contributed by atoms with Gasteiger partial charge < -0.3 is 14.5 Å². The molecule has 0 unspecified atom stereocenters. The van der Waals surface area contributed by atoms with Crippen molar-refractivity contribution < 1.29 is 27.5 Å². The van der Waals surface area contributed by atoms with Crippen molar-refractivity contribution in [2.75, 3.05) is 37.7 Å². The number of esters is 1. The maximum atomic E-state index is 13.0. The Kier molecular flexibility index (Phi) is 6.80. The van der Waals surface area contributed by atoms with Gasteiger partial charge in [0.1, 0.15) is 12.7 Å². The van der Waals surface area contributed by atoms with Crippen molar-refractivity contribution in [2.45, 2.75) is 12.7 Å². The minimum Gasteiger partial charge on any atom is -0.452 e. The fraction of sp³-hybridized carbons (Fsp3) is 0.304. The first-order valence-corrected chi connectivity index (χ1v) is 10.6. The van der Waals surface area contributed by atoms with Gasteiger partial charge in [-0.3, -0.25) is 4.79 Å². The number of hydrogen-bond acceptors (Lipinski definition) is 6. The highest BCUT2D eigenvalue weighted by Gasteiger charge is 2.31. The number of amides is 1. The molecular weight excluding hydrogens is 451 g/mol. The van der Waals surface area contributed by atoms with E-state index in [1.165, 1.54) is 12.4 Å². The van der Waals surface area contributed by atoms with Crippen LogP contribution in [0.25, 0.3) is 0 Å². The van der Waals surface area contributed by atoms with Gasteiger partial charge in [0.15, 0.2) is 6.61 Å². The first kappa shape index (κ1) is 23.3. The number of halogens is 3. The standard InChI is InChI=1S/C23H22F3N5O3/c24-23(25,26)19-2-1-3-20(12-19)29-8-10-30(11-9-29)21(32)14-34-22(33)18-6-4-17(5-7-18)13-31-16-27-15-28-31/h1-7,12,15-16H,8-11,13-14H2. The zero-order valence-corrected chi connectivity index (χ0v) is 18.1. The number of nitrogens with zero attached hydrogens (tertiary/aromatic N) is 5. The van der Waals surface area contributed by atoms with Gasteiger partial charge in [-0.05, 0) is 35.9 Å². The lowest BCUT2D eigenvalue weighted by atomic mass is 10.1. The summed E-state index contributed by atoms with van der Waals surface area (Å²) in [4.78, 5) is 32.0. The quantitative estimate of drug-likeness (QED) is 0.513. The smallest absolute Gasteiger partial charge is 0.416 e. The van der Waals surface area contributed by atoms with Gasteiger partial charge >= 0.3 is 12.1 Å². The Morgan fingerprint density at radius 2 is 1.74 bits per heavy atom. The number of piperazine rings is 1. The number of carbonyl (C=O) groups excluding carboxylic acids is 2. The van der Waals surface area contributed by atoms with Gasteiger partial charge in [0.2, 0.25) is 0 Å². The molecular formula is C23H22F3N5O3. The molecule has 0 bridgehead atoms. The van der Waals surface area contributed by atoms with E-state index in [0.717, 1.165) is 17.7 Å². The van der Waals surface area contributed by atoms with Crippen LogP contribution in [0, 0.1) is 0 Å². The predicted octanol–water partition coefficient (Wildman–Crippen LogP) is 2.85. The molecule has 1 aromatic heterocycles. The van der Waals surface area contributed by atoms with Crippen LogP contribution in [0.3, 0.4) is 0 Å². The highest BCUT2D eigenvalue weighted by molar-refractivity contribution is 5.91. The average Bonchev–Trinajstić information content (AvgIpc) is 3.35. The first-order chi connectivity index (χ1) is 16.3. The number of aromatic nitrogens is 3. The molecule has 3 aromatic rings. The summed E-state index contributed by atoms with van der Waals surface area (Å²) in [6, 6.07) is 11.9. The lowest BCUT2D eigenvalue weighted by Crippen LogP contribution is -2.50. The summed E-state index contributed by atoms with van der Waals surface area (Å²) in [5.74, 6) is -0.955. The number of rotatable bonds is 6. The van der Waals surface area contributed by atoms with Crippen LogP contribution < -0.4 is 4.90 Å². The highest BCUT2D eigenvalue weighted by Crippen LogP contribution is 2.31. The van der Waals surface area contributed by atoms with E-state index in [-0.39, 0.29) is 5.91 Å². The maximum Gasteiger partial charge on any atom is 0.416 e. The zero-order valence-electron chi connectivity index (χ0n) is 18.1. The molecule has 1 saturated heterocycles. The Labute approximate surface area is 193 Å². The lowest BCUT2D eigenvalue weighted by molar-refractivity contribution is -0.137. The second-order valence-electron chi connectivity index (χ2n) is 7.78. The van der Waals surface area contributed by atoms with Crippen molar-refractivity contribution in [1.82, 2.24) is 19.7 Å². The van der Waals surface area contributed by atoms with Crippen molar-refractivity contribution in [3.05, 3.63) is 77.9 Å². The molecule has 11 heteroatoms. The molecule has 1 aliphatic heterocycles. The predicted molar refractivity (Wildman–Crippen MR) is 116 cm³/mol. The van der Waals surface area contributed by atoms with Crippen LogP contribution in [-0.2, 0) is 22.3 Å². The molecule has 0 spiro atoms. The third-order valence-corrected chi connectivity index (χ3v) is 5.50. The van der Waals surface area contributed by atoms with Crippen molar-refractivity contribution in [1.29, 1.82) is 0 Å². The Morgan fingerprint density at radius 1 is 1.00 bits per heavy atom. The first-order valence-electron chi connectivity index (χ1n) is 10.6. The number of benzene rings is 2. The molecule has 0 atom stereocenters. The second-order valence-corrected chi connectivity index (χ2v) is 7.78. The Bertz CT molecular complexity index is 1130. The monoisotopic (exact) mass is 473 g/mol. The lowest BCUT2D eigenvalue weighted by Gasteiger charge is -2.36. The summed E-state index contributed by atoms with van der Waals surface area (Å²) in [6.45, 7) is 1.53. The second kappa shape index (κ2) is 9.94. The number of hydrogen-bond donors (Lipinski definition) is 0. The number of carbonyl (C=O) groups is 2. The normalized spacial score (nSPS) is 14.2. The molecule has 0 N–H and O–H groups in total. The summed E-state index contributed by atoms with van der Waals surface area (Å²) in [6.07, 6.45) is -1.38. The van der Waals surface area contributed by atoms with Crippen LogP contribution in [0.15, 0.2) is 61.2 Å². The Hall–Kier alpha value is -3.89. The van der Waals surface area contributed by atoms with E-state index < -0.39 is 24.3 Å². The van der Waals surface area contributed by atoms with Gasteiger partial charge in [-0.15, -0.1) is 0 Å². The van der Waals surface area contributed by atoms with Crippen molar-refractivity contribution in [3.63, 3.8) is 0 Å². The molecule has 0 saturated carbocycles. The molecule has 1 amide bonds. The molecule has 0 radical (unpaired) electrons. The minimum absolute atomic E-state index is 0.323. The van der Waals surface area contributed by atoms with E-state index in [9.17, 15) is 22.8 Å². The molecule has 1 fully saturated rings. The van der Waals surface area contributed by atoms with E-state index in [0.29, 0.717) is 44.0 Å². The molecule has 4 rings (SSSR count). The molecule has 178 valence electrons. The number of alkyl halides is 3. The summed E-state index contributed by atoms with van der Waals surface area (Å²) < 4.78 is 45.7. The minimum atomic E-state index is -4.41. The summed E-state index contributed by atoms with van der Waals surface area (Å²) >= 11 is 0. The van der Waals surface area contributed by atoms with Gasteiger partial charge in [-0.2, -0.15) is 18.3 Å². The highest BCUT2D eigenvalue weighted by atomic mass is 19.4. The molecule has 0 aliphatic carbocycles. The molecule has 8 nitrogen and oxygen atoms in total. The molecule has 2 heterocycles. The SMILES string of the molecule is O=C(OCC(=O)N1CCN(c2cccc(C(F)(F)F)c2)CC1)c1ccc(Cn2cncn2)cc1. The topological polar surface area (TPSA) is 80.6 Å². The average molecular weight is 473 g/mol. The van der Waals surface area contributed by atoms with Crippen LogP contribution in [0.2, 0.25) is 0 Å². The number of ether oxygens (including phenoxy) is 1. The van der Waals surface area contributed by atoms with Crippen molar-refractivity contribution in [3.8, 4) is 0 Å². The largest absolute Gasteiger partial charge is 0.452 e. The van der Waals surface area contributed by atoms with E-state index in [4.69, 9.17) is 4.74 Å². The summed E-state index contributed by atoms with van der Waals surface area (Å²) in [5, 5.41) is 4.02. The molecule has 34 heavy (non-hydrogen) atoms. The molecule has 2 aromatic carbocycles. The third-order valence-electron chi connectivity index (χ3n) is 5.50. The Morgan fingerprint density at radius 3 is 2.38 bits per heavy atom. The van der Waals surface area contributed by atoms with E-state index >= 15 is 0 Å². The summed E-state index contributed by atoms with van der Waals surface area (Å²) in [7, 11) is 0. The number of anilines is 1. The van der Waals surface area contributed by atoms with Crippen LogP contribution in [0.1, 0.15) is 21.5 Å². The zero-order chi connectivity index (χ0) is 24.1. The van der Waals surface area contributed by atoms with Gasteiger partial charge in [-0.1, -0.05) is 18.2 Å². The van der Waals surface area contributed by atoms with E-state index in [1.807, 2.05) is 0 Å². The maximum absolute atomic E-state index is 13.0. The fourth-order valence-electron chi connectivity index (χ4n) is 3.64. The van der Waals surface area contributed by atoms with Gasteiger partial charge in [0, 0.05) is 31.9 Å². The van der Waals surface area contributed by atoms with E-state index in [2.05, 4.69) is 10.1 Å². The van der Waals surface area contributed by atoms with Crippen LogP contribution in [0.4, 0.5) is 18.9 Å². The summed E-state index contributed by atoms with van der Waals surface area (Å²) in [5.41, 5.74) is 1.00. The molecule has 1 aliphatic rings. The fourth-order valence-corrected chi connectivity index (χ4v) is 3.64. The third kappa shape index (κ3) is 5.72. The van der Waals surface area contributed by atoms with Crippen LogP contribution in [-0.4, -0.2) is 64.3 Å². The van der Waals surface area contributed by atoms with Gasteiger partial charge in [-0.25, -0.2) is 14.5 Å². The van der Waals surface area contributed by atoms with Crippen molar-refractivity contribution >= 4 is 17.6 Å². The Balaban J connectivity index is 1.24.